The Hall–Kier alpha value is -3.21. The summed E-state index contributed by atoms with van der Waals surface area (Å²) in [4.78, 5) is 29.4. The molecule has 1 N–H and O–H groups in total. The number of unbranched alkanes of at least 4 members (excludes halogenated alkanes) is 1. The third kappa shape index (κ3) is 8.65. The van der Waals surface area contributed by atoms with Gasteiger partial charge in [-0.05, 0) is 86.7 Å². The maximum atomic E-state index is 14.0. The van der Waals surface area contributed by atoms with E-state index < -0.39 is 28.5 Å². The zero-order valence-corrected chi connectivity index (χ0v) is 26.8. The number of nitrogens with zero attached hydrogens (tertiary/aromatic N) is 2. The number of anilines is 1. The molecule has 0 heterocycles. The van der Waals surface area contributed by atoms with Gasteiger partial charge in [-0.25, -0.2) is 8.42 Å². The van der Waals surface area contributed by atoms with Gasteiger partial charge in [0.2, 0.25) is 11.8 Å². The van der Waals surface area contributed by atoms with Crippen LogP contribution in [-0.2, 0) is 26.2 Å². The molecule has 1 atom stereocenters. The predicted molar refractivity (Wildman–Crippen MR) is 170 cm³/mol. The number of thioether (sulfide) groups is 1. The number of ether oxygens (including phenoxy) is 1. The van der Waals surface area contributed by atoms with Crippen molar-refractivity contribution in [1.29, 1.82) is 0 Å². The lowest BCUT2D eigenvalue weighted by molar-refractivity contribution is -0.139. The maximum absolute atomic E-state index is 14.0. The number of sulfonamides is 1. The minimum Gasteiger partial charge on any atom is -0.494 e. The van der Waals surface area contributed by atoms with Crippen LogP contribution >= 0.6 is 23.4 Å². The lowest BCUT2D eigenvalue weighted by atomic mass is 10.1. The second kappa shape index (κ2) is 15.9. The van der Waals surface area contributed by atoms with Gasteiger partial charge in [0, 0.05) is 23.0 Å². The Morgan fingerprint density at radius 2 is 1.67 bits per heavy atom. The van der Waals surface area contributed by atoms with Gasteiger partial charge in [-0.15, -0.1) is 11.8 Å². The van der Waals surface area contributed by atoms with E-state index in [0.717, 1.165) is 22.0 Å². The molecule has 8 nitrogen and oxygen atoms in total. The third-order valence-electron chi connectivity index (χ3n) is 6.66. The minimum absolute atomic E-state index is 0.0282. The van der Waals surface area contributed by atoms with Crippen LogP contribution in [0.1, 0.15) is 39.2 Å². The van der Waals surface area contributed by atoms with Crippen LogP contribution < -0.4 is 14.4 Å². The molecule has 3 aromatic rings. The highest BCUT2D eigenvalue weighted by molar-refractivity contribution is 7.98. The summed E-state index contributed by atoms with van der Waals surface area (Å²) in [6, 6.07) is 19.2. The standard InChI is InChI=1S/C31H38ClN3O5S2/c1-5-7-20-33-31(37)23(3)34(21-24-10-8-9-11-29(24)32)30(36)22-35(25-12-14-26(15-13-25)40-6-2)42(38,39)28-18-16-27(41-4)17-19-28/h8-19,23H,5-7,20-22H2,1-4H3,(H,33,37)/t23-/m0/s1. The van der Waals surface area contributed by atoms with E-state index in [9.17, 15) is 18.0 Å². The van der Waals surface area contributed by atoms with Crippen molar-refractivity contribution >= 4 is 50.9 Å². The van der Waals surface area contributed by atoms with Crippen LogP contribution in [0.2, 0.25) is 5.02 Å². The van der Waals surface area contributed by atoms with Crippen molar-refractivity contribution in [3.8, 4) is 5.75 Å². The first-order valence-corrected chi connectivity index (χ1v) is 16.9. The topological polar surface area (TPSA) is 96.0 Å². The van der Waals surface area contributed by atoms with E-state index in [1.807, 2.05) is 20.1 Å². The number of hydrogen-bond acceptors (Lipinski definition) is 6. The SMILES string of the molecule is CCCCNC(=O)[C@H](C)N(Cc1ccccc1Cl)C(=O)CN(c1ccc(OCC)cc1)S(=O)(=O)c1ccc(SC)cc1. The van der Waals surface area contributed by atoms with Gasteiger partial charge in [-0.3, -0.25) is 13.9 Å². The summed E-state index contributed by atoms with van der Waals surface area (Å²) < 4.78 is 34.6. The van der Waals surface area contributed by atoms with Crippen molar-refractivity contribution in [2.45, 2.75) is 56.0 Å². The van der Waals surface area contributed by atoms with E-state index in [0.29, 0.717) is 35.2 Å². The lowest BCUT2D eigenvalue weighted by Gasteiger charge is -2.32. The maximum Gasteiger partial charge on any atom is 0.264 e. The molecule has 0 unspecified atom stereocenters. The van der Waals surface area contributed by atoms with Gasteiger partial charge in [0.25, 0.3) is 10.0 Å². The van der Waals surface area contributed by atoms with Crippen molar-refractivity contribution in [2.75, 3.05) is 30.3 Å². The van der Waals surface area contributed by atoms with E-state index in [-0.39, 0.29) is 17.3 Å². The van der Waals surface area contributed by atoms with Crippen molar-refractivity contribution < 1.29 is 22.7 Å². The molecule has 0 aliphatic rings. The molecule has 0 spiro atoms. The normalized spacial score (nSPS) is 11.9. The van der Waals surface area contributed by atoms with Crippen molar-refractivity contribution in [3.63, 3.8) is 0 Å². The quantitative estimate of drug-likeness (QED) is 0.164. The Morgan fingerprint density at radius 1 is 1.00 bits per heavy atom. The molecule has 0 aliphatic carbocycles. The van der Waals surface area contributed by atoms with E-state index in [1.165, 1.54) is 28.8 Å². The molecule has 42 heavy (non-hydrogen) atoms. The van der Waals surface area contributed by atoms with Gasteiger partial charge in [0.15, 0.2) is 0 Å². The Bertz CT molecular complexity index is 1430. The van der Waals surface area contributed by atoms with Gasteiger partial charge in [0.1, 0.15) is 18.3 Å². The molecule has 2 amide bonds. The molecular formula is C31H38ClN3O5S2. The van der Waals surface area contributed by atoms with Crippen LogP contribution in [-0.4, -0.2) is 57.1 Å². The summed E-state index contributed by atoms with van der Waals surface area (Å²) in [5.74, 6) is -0.301. The average molecular weight is 632 g/mol. The summed E-state index contributed by atoms with van der Waals surface area (Å²) in [6.07, 6.45) is 3.61. The van der Waals surface area contributed by atoms with E-state index >= 15 is 0 Å². The number of halogens is 1. The number of hydrogen-bond donors (Lipinski definition) is 1. The van der Waals surface area contributed by atoms with E-state index in [2.05, 4.69) is 5.32 Å². The molecule has 0 aliphatic heterocycles. The highest BCUT2D eigenvalue weighted by Crippen LogP contribution is 2.28. The second-order valence-electron chi connectivity index (χ2n) is 9.55. The molecule has 226 valence electrons. The van der Waals surface area contributed by atoms with Gasteiger partial charge < -0.3 is 15.0 Å². The molecule has 0 radical (unpaired) electrons. The van der Waals surface area contributed by atoms with Crippen LogP contribution in [0.25, 0.3) is 0 Å². The van der Waals surface area contributed by atoms with Crippen LogP contribution in [0, 0.1) is 0 Å². The molecule has 0 fully saturated rings. The van der Waals surface area contributed by atoms with Gasteiger partial charge in [-0.2, -0.15) is 0 Å². The molecule has 0 aromatic heterocycles. The Morgan fingerprint density at radius 3 is 2.26 bits per heavy atom. The zero-order valence-electron chi connectivity index (χ0n) is 24.4. The fourth-order valence-electron chi connectivity index (χ4n) is 4.21. The van der Waals surface area contributed by atoms with Crippen LogP contribution in [0.5, 0.6) is 5.75 Å². The summed E-state index contributed by atoms with van der Waals surface area (Å²) in [5.41, 5.74) is 0.933. The average Bonchev–Trinajstić information content (AvgIpc) is 2.99. The number of carbonyl (C=O) groups is 2. The summed E-state index contributed by atoms with van der Waals surface area (Å²) >= 11 is 7.92. The monoisotopic (exact) mass is 631 g/mol. The fraction of sp³-hybridized carbons (Fsp3) is 0.355. The molecule has 0 saturated heterocycles. The predicted octanol–water partition coefficient (Wildman–Crippen LogP) is 5.99. The molecule has 0 saturated carbocycles. The number of amides is 2. The molecular weight excluding hydrogens is 594 g/mol. The lowest BCUT2D eigenvalue weighted by Crippen LogP contribution is -2.51. The molecule has 3 rings (SSSR count). The number of nitrogens with one attached hydrogen (secondary N) is 1. The first kappa shape index (κ1) is 33.3. The largest absolute Gasteiger partial charge is 0.494 e. The Labute approximate surface area is 258 Å². The Kier molecular flexibility index (Phi) is 12.6. The Balaban J connectivity index is 2.02. The molecule has 0 bridgehead atoms. The van der Waals surface area contributed by atoms with Gasteiger partial charge in [0.05, 0.1) is 17.2 Å². The van der Waals surface area contributed by atoms with E-state index in [1.54, 1.807) is 67.6 Å². The molecule has 11 heteroatoms. The van der Waals surface area contributed by atoms with Crippen molar-refractivity contribution in [2.24, 2.45) is 0 Å². The first-order chi connectivity index (χ1) is 20.1. The third-order valence-corrected chi connectivity index (χ3v) is 9.56. The van der Waals surface area contributed by atoms with Crippen molar-refractivity contribution in [1.82, 2.24) is 10.2 Å². The second-order valence-corrected chi connectivity index (χ2v) is 12.7. The first-order valence-electron chi connectivity index (χ1n) is 13.8. The highest BCUT2D eigenvalue weighted by atomic mass is 35.5. The minimum atomic E-state index is -4.17. The highest BCUT2D eigenvalue weighted by Gasteiger charge is 2.32. The van der Waals surface area contributed by atoms with Crippen molar-refractivity contribution in [3.05, 3.63) is 83.4 Å². The number of carbonyl (C=O) groups excluding carboxylic acids is 2. The summed E-state index contributed by atoms with van der Waals surface area (Å²) in [5, 5.41) is 3.32. The fourth-order valence-corrected chi connectivity index (χ4v) is 6.23. The van der Waals surface area contributed by atoms with Gasteiger partial charge in [-0.1, -0.05) is 43.1 Å². The van der Waals surface area contributed by atoms with Crippen LogP contribution in [0.3, 0.4) is 0 Å². The van der Waals surface area contributed by atoms with Crippen LogP contribution in [0.4, 0.5) is 5.69 Å². The molecule has 3 aromatic carbocycles. The van der Waals surface area contributed by atoms with Crippen LogP contribution in [0.15, 0.2) is 82.6 Å². The van der Waals surface area contributed by atoms with Gasteiger partial charge >= 0.3 is 0 Å². The number of rotatable bonds is 15. The zero-order chi connectivity index (χ0) is 30.7. The smallest absolute Gasteiger partial charge is 0.264 e. The summed E-state index contributed by atoms with van der Waals surface area (Å²) in [7, 11) is -4.17. The van der Waals surface area contributed by atoms with E-state index in [4.69, 9.17) is 16.3 Å². The number of benzene rings is 3. The summed E-state index contributed by atoms with van der Waals surface area (Å²) in [6.45, 7) is 5.94.